The quantitative estimate of drug-likeness (QED) is 0.709. The van der Waals surface area contributed by atoms with Gasteiger partial charge in [-0.3, -0.25) is 9.69 Å². The Bertz CT molecular complexity index is 798. The molecule has 0 spiro atoms. The van der Waals surface area contributed by atoms with Gasteiger partial charge < -0.3 is 14.9 Å². The van der Waals surface area contributed by atoms with Crippen LogP contribution in [-0.4, -0.2) is 46.2 Å². The molecule has 28 heavy (non-hydrogen) atoms. The van der Waals surface area contributed by atoms with Crippen molar-refractivity contribution in [3.05, 3.63) is 59.7 Å². The summed E-state index contributed by atoms with van der Waals surface area (Å²) in [7, 11) is 0. The summed E-state index contributed by atoms with van der Waals surface area (Å²) in [6.07, 6.45) is 1.28. The molecule has 5 nitrogen and oxygen atoms in total. The van der Waals surface area contributed by atoms with Crippen molar-refractivity contribution in [2.24, 2.45) is 0 Å². The van der Waals surface area contributed by atoms with Gasteiger partial charge in [-0.05, 0) is 44.4 Å². The average molecular weight is 383 g/mol. The lowest BCUT2D eigenvalue weighted by Gasteiger charge is -2.40. The highest BCUT2D eigenvalue weighted by atomic mass is 16.5. The molecule has 3 rings (SSSR count). The van der Waals surface area contributed by atoms with E-state index in [2.05, 4.69) is 11.8 Å². The number of nitrogens with zero attached hydrogens (tertiary/aromatic N) is 1. The zero-order valence-electron chi connectivity index (χ0n) is 16.6. The lowest BCUT2D eigenvalue weighted by Crippen LogP contribution is -2.46. The summed E-state index contributed by atoms with van der Waals surface area (Å²) in [6, 6.07) is 14.7. The Labute approximate surface area is 166 Å². The van der Waals surface area contributed by atoms with Crippen molar-refractivity contribution in [1.29, 1.82) is 0 Å². The van der Waals surface area contributed by atoms with E-state index >= 15 is 0 Å². The predicted octanol–water partition coefficient (Wildman–Crippen LogP) is 3.95. The van der Waals surface area contributed by atoms with E-state index in [4.69, 9.17) is 4.74 Å². The first-order chi connectivity index (χ1) is 13.4. The fourth-order valence-corrected chi connectivity index (χ4v) is 3.80. The Hall–Kier alpha value is -2.37. The van der Waals surface area contributed by atoms with E-state index in [0.29, 0.717) is 43.9 Å². The maximum Gasteiger partial charge on any atom is 0.165 e. The number of hydrogen-bond donors (Lipinski definition) is 2. The van der Waals surface area contributed by atoms with Crippen LogP contribution in [0.4, 0.5) is 0 Å². The highest BCUT2D eigenvalue weighted by Crippen LogP contribution is 2.35. The molecule has 1 heterocycles. The molecule has 1 aliphatic rings. The summed E-state index contributed by atoms with van der Waals surface area (Å²) >= 11 is 0. The molecule has 0 saturated carbocycles. The smallest absolute Gasteiger partial charge is 0.165 e. The van der Waals surface area contributed by atoms with Gasteiger partial charge in [0.1, 0.15) is 0 Å². The average Bonchev–Trinajstić information content (AvgIpc) is 2.70. The Balaban J connectivity index is 1.61. The van der Waals surface area contributed by atoms with Crippen LogP contribution in [0.2, 0.25) is 0 Å². The molecule has 1 fully saturated rings. The van der Waals surface area contributed by atoms with Crippen molar-refractivity contribution in [2.75, 3.05) is 19.7 Å². The van der Waals surface area contributed by atoms with E-state index in [0.717, 1.165) is 5.56 Å². The molecule has 0 aliphatic carbocycles. The van der Waals surface area contributed by atoms with Crippen LogP contribution in [-0.2, 0) is 0 Å². The zero-order valence-corrected chi connectivity index (χ0v) is 16.6. The highest BCUT2D eigenvalue weighted by molar-refractivity contribution is 5.96. The van der Waals surface area contributed by atoms with Crippen LogP contribution >= 0.6 is 0 Å². The third-order valence-electron chi connectivity index (χ3n) is 5.63. The van der Waals surface area contributed by atoms with E-state index in [1.165, 1.54) is 0 Å². The fraction of sp³-hybridized carbons (Fsp3) is 0.435. The van der Waals surface area contributed by atoms with Gasteiger partial charge in [-0.2, -0.15) is 0 Å². The minimum Gasteiger partial charge on any atom is -0.504 e. The van der Waals surface area contributed by atoms with Crippen molar-refractivity contribution in [2.45, 2.75) is 44.8 Å². The van der Waals surface area contributed by atoms with Gasteiger partial charge in [-0.1, -0.05) is 36.4 Å². The Morgan fingerprint density at radius 3 is 2.50 bits per heavy atom. The number of carbonyl (C=O) groups is 1. The van der Waals surface area contributed by atoms with Crippen molar-refractivity contribution in [3.63, 3.8) is 0 Å². The molecule has 0 radical (unpaired) electrons. The molecule has 5 heteroatoms. The molecular weight excluding hydrogens is 354 g/mol. The van der Waals surface area contributed by atoms with Crippen LogP contribution in [0.1, 0.15) is 55.1 Å². The SMILES string of the molecule is CCOc1cc(C(C)N2CCC(O)(CC(=O)c3ccccc3)CC2)ccc1O. The van der Waals surface area contributed by atoms with Gasteiger partial charge >= 0.3 is 0 Å². The number of aliphatic hydroxyl groups is 1. The summed E-state index contributed by atoms with van der Waals surface area (Å²) in [5.41, 5.74) is 0.764. The van der Waals surface area contributed by atoms with Gasteiger partial charge in [0, 0.05) is 31.1 Å². The molecule has 2 aromatic carbocycles. The second kappa shape index (κ2) is 8.76. The first-order valence-corrected chi connectivity index (χ1v) is 9.92. The molecule has 1 saturated heterocycles. The number of phenols is 1. The van der Waals surface area contributed by atoms with Crippen LogP contribution in [0.15, 0.2) is 48.5 Å². The van der Waals surface area contributed by atoms with Gasteiger partial charge in [0.05, 0.1) is 12.2 Å². The van der Waals surface area contributed by atoms with Crippen LogP contribution in [0.25, 0.3) is 0 Å². The Morgan fingerprint density at radius 2 is 1.86 bits per heavy atom. The monoisotopic (exact) mass is 383 g/mol. The van der Waals surface area contributed by atoms with Crippen LogP contribution in [0.3, 0.4) is 0 Å². The van der Waals surface area contributed by atoms with E-state index in [1.54, 1.807) is 18.2 Å². The minimum atomic E-state index is -0.950. The Kier molecular flexibility index (Phi) is 6.37. The van der Waals surface area contributed by atoms with Crippen molar-refractivity contribution < 1.29 is 19.7 Å². The number of phenolic OH excluding ortho intramolecular Hbond substituents is 1. The van der Waals surface area contributed by atoms with Crippen LogP contribution in [0.5, 0.6) is 11.5 Å². The number of piperidine rings is 1. The predicted molar refractivity (Wildman–Crippen MR) is 109 cm³/mol. The number of aromatic hydroxyl groups is 1. The number of Topliss-reactive ketones (excluding diaryl/α,β-unsaturated/α-hetero) is 1. The Morgan fingerprint density at radius 1 is 1.18 bits per heavy atom. The molecule has 1 atom stereocenters. The maximum atomic E-state index is 12.5. The molecule has 0 bridgehead atoms. The number of likely N-dealkylation sites (tertiary alicyclic amines) is 1. The maximum absolute atomic E-state index is 12.5. The third-order valence-corrected chi connectivity index (χ3v) is 5.63. The number of ketones is 1. The number of rotatable bonds is 7. The molecule has 0 aromatic heterocycles. The summed E-state index contributed by atoms with van der Waals surface area (Å²) in [5, 5.41) is 20.8. The van der Waals surface area contributed by atoms with E-state index in [1.807, 2.05) is 37.3 Å². The second-order valence-corrected chi connectivity index (χ2v) is 7.56. The van der Waals surface area contributed by atoms with E-state index in [-0.39, 0.29) is 24.0 Å². The topological polar surface area (TPSA) is 70.0 Å². The van der Waals surface area contributed by atoms with Crippen molar-refractivity contribution in [3.8, 4) is 11.5 Å². The molecule has 0 amide bonds. The van der Waals surface area contributed by atoms with Gasteiger partial charge in [0.25, 0.3) is 0 Å². The summed E-state index contributed by atoms with van der Waals surface area (Å²) in [4.78, 5) is 14.8. The number of hydrogen-bond acceptors (Lipinski definition) is 5. The molecule has 2 N–H and O–H groups in total. The zero-order chi connectivity index (χ0) is 20.1. The first-order valence-electron chi connectivity index (χ1n) is 9.92. The highest BCUT2D eigenvalue weighted by Gasteiger charge is 2.36. The number of ether oxygens (including phenoxy) is 1. The lowest BCUT2D eigenvalue weighted by atomic mass is 9.84. The van der Waals surface area contributed by atoms with Crippen LogP contribution in [0, 0.1) is 0 Å². The third kappa shape index (κ3) is 4.72. The summed E-state index contributed by atoms with van der Waals surface area (Å²) < 4.78 is 5.49. The van der Waals surface area contributed by atoms with Crippen molar-refractivity contribution >= 4 is 5.78 Å². The fourth-order valence-electron chi connectivity index (χ4n) is 3.80. The lowest BCUT2D eigenvalue weighted by molar-refractivity contribution is -0.0304. The van der Waals surface area contributed by atoms with Gasteiger partial charge in [-0.15, -0.1) is 0 Å². The molecule has 1 aliphatic heterocycles. The largest absolute Gasteiger partial charge is 0.504 e. The first kappa shape index (κ1) is 20.4. The van der Waals surface area contributed by atoms with Crippen LogP contribution < -0.4 is 4.74 Å². The molecule has 1 unspecified atom stereocenters. The summed E-state index contributed by atoms with van der Waals surface area (Å²) in [6.45, 7) is 5.92. The van der Waals surface area contributed by atoms with E-state index in [9.17, 15) is 15.0 Å². The number of carbonyl (C=O) groups excluding carboxylic acids is 1. The molecule has 150 valence electrons. The van der Waals surface area contributed by atoms with Crippen molar-refractivity contribution in [1.82, 2.24) is 4.90 Å². The standard InChI is InChI=1S/C23H29NO4/c1-3-28-22-15-19(9-10-20(22)25)17(2)24-13-11-23(27,12-14-24)16-21(26)18-7-5-4-6-8-18/h4-10,15,17,25,27H,3,11-14,16H2,1-2H3. The second-order valence-electron chi connectivity index (χ2n) is 7.56. The van der Waals surface area contributed by atoms with Gasteiger partial charge in [-0.25, -0.2) is 0 Å². The normalized spacial score (nSPS) is 17.8. The summed E-state index contributed by atoms with van der Waals surface area (Å²) in [5.74, 6) is 0.628. The molecular formula is C23H29NO4. The molecule has 2 aromatic rings. The van der Waals surface area contributed by atoms with Gasteiger partial charge in [0.15, 0.2) is 17.3 Å². The minimum absolute atomic E-state index is 0.00973. The van der Waals surface area contributed by atoms with Gasteiger partial charge in [0.2, 0.25) is 0 Å². The van der Waals surface area contributed by atoms with E-state index < -0.39 is 5.60 Å². The number of benzene rings is 2.